The van der Waals surface area contributed by atoms with E-state index in [-0.39, 0.29) is 30.9 Å². The van der Waals surface area contributed by atoms with E-state index in [1.165, 1.54) is 0 Å². The number of amides is 3. The molecule has 1 atom stereocenters. The van der Waals surface area contributed by atoms with Crippen LogP contribution in [-0.4, -0.2) is 18.5 Å². The minimum absolute atomic E-state index is 0.164. The molecule has 3 amide bonds. The summed E-state index contributed by atoms with van der Waals surface area (Å²) in [7, 11) is 0. The number of para-hydroxylation sites is 1. The van der Waals surface area contributed by atoms with Crippen molar-refractivity contribution in [1.82, 2.24) is 10.6 Å². The third-order valence-corrected chi connectivity index (χ3v) is 4.04. The molecule has 132 valence electrons. The molecule has 7 heteroatoms. The highest BCUT2D eigenvalue weighted by atomic mass is 35.5. The Bertz CT molecular complexity index is 738. The molecule has 0 aliphatic carbocycles. The van der Waals surface area contributed by atoms with Gasteiger partial charge in [-0.2, -0.15) is 0 Å². The van der Waals surface area contributed by atoms with Crippen molar-refractivity contribution < 1.29 is 9.59 Å². The van der Waals surface area contributed by atoms with Crippen molar-refractivity contribution in [3.8, 4) is 0 Å². The number of anilines is 1. The Morgan fingerprint density at radius 1 is 1.08 bits per heavy atom. The third-order valence-electron chi connectivity index (χ3n) is 3.48. The van der Waals surface area contributed by atoms with Crippen molar-refractivity contribution in [2.45, 2.75) is 19.4 Å². The van der Waals surface area contributed by atoms with Gasteiger partial charge in [0.2, 0.25) is 5.91 Å². The number of hydrogen-bond donors (Lipinski definition) is 3. The van der Waals surface area contributed by atoms with E-state index in [0.29, 0.717) is 15.7 Å². The smallest absolute Gasteiger partial charge is 0.319 e. The van der Waals surface area contributed by atoms with E-state index in [9.17, 15) is 9.59 Å². The Labute approximate surface area is 156 Å². The summed E-state index contributed by atoms with van der Waals surface area (Å²) < 4.78 is 0. The van der Waals surface area contributed by atoms with Gasteiger partial charge in [0.15, 0.2) is 0 Å². The van der Waals surface area contributed by atoms with E-state index < -0.39 is 0 Å². The zero-order chi connectivity index (χ0) is 18.2. The molecule has 0 aliphatic rings. The van der Waals surface area contributed by atoms with Gasteiger partial charge in [0.05, 0.1) is 6.04 Å². The van der Waals surface area contributed by atoms with Crippen molar-refractivity contribution in [2.24, 2.45) is 0 Å². The number of rotatable bonds is 6. The fourth-order valence-electron chi connectivity index (χ4n) is 2.23. The van der Waals surface area contributed by atoms with Crippen LogP contribution in [0, 0.1) is 0 Å². The van der Waals surface area contributed by atoms with Crippen LogP contribution in [0.15, 0.2) is 48.5 Å². The van der Waals surface area contributed by atoms with E-state index in [1.54, 1.807) is 30.3 Å². The molecule has 0 radical (unpaired) electrons. The van der Waals surface area contributed by atoms with E-state index in [4.69, 9.17) is 23.2 Å². The molecular formula is C18H19Cl2N3O2. The fourth-order valence-corrected chi connectivity index (χ4v) is 2.80. The first-order valence-electron chi connectivity index (χ1n) is 7.80. The Kier molecular flexibility index (Phi) is 7.10. The predicted octanol–water partition coefficient (Wildman–Crippen LogP) is 4.38. The molecule has 25 heavy (non-hydrogen) atoms. The van der Waals surface area contributed by atoms with Crippen LogP contribution in [0.4, 0.5) is 10.5 Å². The molecule has 2 rings (SSSR count). The summed E-state index contributed by atoms with van der Waals surface area (Å²) in [6, 6.07) is 13.6. The summed E-state index contributed by atoms with van der Waals surface area (Å²) in [6.45, 7) is 2.06. The number of nitrogens with one attached hydrogen (secondary N) is 3. The van der Waals surface area contributed by atoms with Crippen molar-refractivity contribution >= 4 is 40.8 Å². The lowest BCUT2D eigenvalue weighted by Gasteiger charge is -2.16. The van der Waals surface area contributed by atoms with Crippen molar-refractivity contribution in [3.05, 3.63) is 64.1 Å². The summed E-state index contributed by atoms with van der Waals surface area (Å²) in [5, 5.41) is 9.21. The van der Waals surface area contributed by atoms with Crippen LogP contribution < -0.4 is 16.0 Å². The van der Waals surface area contributed by atoms with Crippen molar-refractivity contribution in [1.29, 1.82) is 0 Å². The van der Waals surface area contributed by atoms with Crippen LogP contribution in [-0.2, 0) is 4.79 Å². The van der Waals surface area contributed by atoms with Gasteiger partial charge in [0.1, 0.15) is 0 Å². The molecule has 2 aromatic rings. The first-order valence-corrected chi connectivity index (χ1v) is 8.55. The van der Waals surface area contributed by atoms with Crippen LogP contribution in [0.25, 0.3) is 0 Å². The topological polar surface area (TPSA) is 70.2 Å². The SMILES string of the molecule is C[C@@H](NC(=O)CCNC(=O)Nc1ccccc1)c1ccc(Cl)cc1Cl. The standard InChI is InChI=1S/C18H19Cl2N3O2/c1-12(15-8-7-13(19)11-16(15)20)22-17(24)9-10-21-18(25)23-14-5-3-2-4-6-14/h2-8,11-12H,9-10H2,1H3,(H,22,24)(H2,21,23,25)/t12-/m1/s1. The first-order chi connectivity index (χ1) is 12.0. The predicted molar refractivity (Wildman–Crippen MR) is 101 cm³/mol. The molecule has 0 heterocycles. The summed E-state index contributed by atoms with van der Waals surface area (Å²) in [5.41, 5.74) is 1.48. The average Bonchev–Trinajstić information content (AvgIpc) is 2.55. The molecule has 5 nitrogen and oxygen atoms in total. The highest BCUT2D eigenvalue weighted by Gasteiger charge is 2.13. The molecule has 0 spiro atoms. The number of carbonyl (C=O) groups is 2. The van der Waals surface area contributed by atoms with Crippen LogP contribution in [0.5, 0.6) is 0 Å². The molecule has 0 saturated carbocycles. The van der Waals surface area contributed by atoms with E-state index in [1.807, 2.05) is 25.1 Å². The number of hydrogen-bond acceptors (Lipinski definition) is 2. The second-order valence-corrected chi connectivity index (χ2v) is 6.30. The molecule has 0 saturated heterocycles. The number of urea groups is 1. The number of halogens is 2. The Balaban J connectivity index is 1.74. The minimum atomic E-state index is -0.354. The van der Waals surface area contributed by atoms with Gasteiger partial charge in [-0.05, 0) is 36.8 Å². The Morgan fingerprint density at radius 3 is 2.48 bits per heavy atom. The van der Waals surface area contributed by atoms with Gasteiger partial charge in [0, 0.05) is 28.7 Å². The summed E-state index contributed by atoms with van der Waals surface area (Å²) >= 11 is 12.0. The fraction of sp³-hybridized carbons (Fsp3) is 0.222. The zero-order valence-corrected chi connectivity index (χ0v) is 15.2. The van der Waals surface area contributed by atoms with Crippen LogP contribution >= 0.6 is 23.2 Å². The lowest BCUT2D eigenvalue weighted by atomic mass is 10.1. The van der Waals surface area contributed by atoms with E-state index in [2.05, 4.69) is 16.0 Å². The molecule has 0 unspecified atom stereocenters. The van der Waals surface area contributed by atoms with Crippen LogP contribution in [0.3, 0.4) is 0 Å². The molecule has 0 fully saturated rings. The van der Waals surface area contributed by atoms with Crippen molar-refractivity contribution in [3.63, 3.8) is 0 Å². The van der Waals surface area contributed by atoms with Crippen molar-refractivity contribution in [2.75, 3.05) is 11.9 Å². The Hall–Kier alpha value is -2.24. The van der Waals surface area contributed by atoms with Gasteiger partial charge in [-0.25, -0.2) is 4.79 Å². The van der Waals surface area contributed by atoms with Gasteiger partial charge in [-0.3, -0.25) is 4.79 Å². The van der Waals surface area contributed by atoms with E-state index >= 15 is 0 Å². The highest BCUT2D eigenvalue weighted by Crippen LogP contribution is 2.26. The van der Waals surface area contributed by atoms with Gasteiger partial charge in [-0.15, -0.1) is 0 Å². The number of benzene rings is 2. The monoisotopic (exact) mass is 379 g/mol. The second-order valence-electron chi connectivity index (χ2n) is 5.45. The average molecular weight is 380 g/mol. The molecule has 2 aromatic carbocycles. The lowest BCUT2D eigenvalue weighted by Crippen LogP contribution is -2.34. The Morgan fingerprint density at radius 2 is 1.80 bits per heavy atom. The largest absolute Gasteiger partial charge is 0.349 e. The summed E-state index contributed by atoms with van der Waals surface area (Å²) in [6.07, 6.45) is 0.164. The quantitative estimate of drug-likeness (QED) is 0.696. The van der Waals surface area contributed by atoms with Gasteiger partial charge < -0.3 is 16.0 Å². The molecule has 0 aromatic heterocycles. The maximum Gasteiger partial charge on any atom is 0.319 e. The van der Waals surface area contributed by atoms with Gasteiger partial charge in [-0.1, -0.05) is 47.5 Å². The molecule has 0 aliphatic heterocycles. The molecule has 3 N–H and O–H groups in total. The van der Waals surface area contributed by atoms with Crippen LogP contribution in [0.1, 0.15) is 24.9 Å². The molecule has 0 bridgehead atoms. The second kappa shape index (κ2) is 9.30. The zero-order valence-electron chi connectivity index (χ0n) is 13.7. The normalized spacial score (nSPS) is 11.5. The van der Waals surface area contributed by atoms with Crippen LogP contribution in [0.2, 0.25) is 10.0 Å². The van der Waals surface area contributed by atoms with Gasteiger partial charge in [0.25, 0.3) is 0 Å². The maximum atomic E-state index is 12.0. The minimum Gasteiger partial charge on any atom is -0.349 e. The first kappa shape index (κ1) is 19.1. The lowest BCUT2D eigenvalue weighted by molar-refractivity contribution is -0.121. The highest BCUT2D eigenvalue weighted by molar-refractivity contribution is 6.35. The maximum absolute atomic E-state index is 12.0. The number of carbonyl (C=O) groups excluding carboxylic acids is 2. The third kappa shape index (κ3) is 6.29. The van der Waals surface area contributed by atoms with E-state index in [0.717, 1.165) is 5.56 Å². The summed E-state index contributed by atoms with van der Waals surface area (Å²) in [4.78, 5) is 23.7. The molecular weight excluding hydrogens is 361 g/mol. The summed E-state index contributed by atoms with van der Waals surface area (Å²) in [5.74, 6) is -0.182. The van der Waals surface area contributed by atoms with Gasteiger partial charge >= 0.3 is 6.03 Å².